The number of halogens is 3. The number of benzene rings is 1. The van der Waals surface area contributed by atoms with Crippen LogP contribution < -0.4 is 20.7 Å². The molecular weight excluding hydrogens is 549 g/mol. The lowest BCUT2D eigenvalue weighted by Crippen LogP contribution is -2.50. The summed E-state index contributed by atoms with van der Waals surface area (Å²) in [4.78, 5) is 38.1. The van der Waals surface area contributed by atoms with Crippen molar-refractivity contribution in [3.8, 4) is 11.1 Å². The summed E-state index contributed by atoms with van der Waals surface area (Å²) in [7, 11) is 2.01. The van der Waals surface area contributed by atoms with Crippen LogP contribution in [0.4, 0.5) is 30.4 Å². The van der Waals surface area contributed by atoms with Gasteiger partial charge in [0.2, 0.25) is 5.56 Å². The Morgan fingerprint density at radius 2 is 1.81 bits per heavy atom. The molecule has 2 aliphatic rings. The second kappa shape index (κ2) is 12.1. The van der Waals surface area contributed by atoms with Gasteiger partial charge in [0.15, 0.2) is 0 Å². The molecule has 3 aromatic rings. The van der Waals surface area contributed by atoms with Crippen molar-refractivity contribution < 1.29 is 22.7 Å². The predicted octanol–water partition coefficient (Wildman–Crippen LogP) is 4.52. The van der Waals surface area contributed by atoms with Gasteiger partial charge in [-0.1, -0.05) is 0 Å². The topological polar surface area (TPSA) is 93.8 Å². The molecule has 0 saturated carbocycles. The number of alkyl halides is 2. The number of hydrogen-bond donors (Lipinski definition) is 2. The summed E-state index contributed by atoms with van der Waals surface area (Å²) >= 11 is 0. The van der Waals surface area contributed by atoms with Crippen molar-refractivity contribution >= 4 is 23.1 Å². The van der Waals surface area contributed by atoms with E-state index in [0.717, 1.165) is 18.6 Å². The van der Waals surface area contributed by atoms with Crippen molar-refractivity contribution in [1.82, 2.24) is 14.9 Å². The zero-order valence-electron chi connectivity index (χ0n) is 24.0. The second-order valence-corrected chi connectivity index (χ2v) is 11.1. The Hall–Kier alpha value is -3.90. The third-order valence-corrected chi connectivity index (χ3v) is 7.87. The maximum Gasteiger partial charge on any atom is 0.264 e. The average molecular weight is 585 g/mol. The van der Waals surface area contributed by atoms with E-state index in [0.29, 0.717) is 43.5 Å². The molecule has 0 spiro atoms. The summed E-state index contributed by atoms with van der Waals surface area (Å²) in [5.41, 5.74) is -0.387. The Balaban J connectivity index is 1.51. The van der Waals surface area contributed by atoms with Gasteiger partial charge in [0.05, 0.1) is 29.1 Å². The highest BCUT2D eigenvalue weighted by molar-refractivity contribution is 6.07. The van der Waals surface area contributed by atoms with Crippen molar-refractivity contribution in [3.05, 3.63) is 70.0 Å². The molecule has 2 aliphatic heterocycles. The number of nitrogens with zero attached hydrogens (tertiary/aromatic N) is 4. The van der Waals surface area contributed by atoms with Crippen molar-refractivity contribution in [2.24, 2.45) is 0 Å². The van der Waals surface area contributed by atoms with Crippen LogP contribution in [0.2, 0.25) is 0 Å². The molecule has 0 bridgehead atoms. The summed E-state index contributed by atoms with van der Waals surface area (Å²) in [6.45, 7) is 9.30. The fourth-order valence-electron chi connectivity index (χ4n) is 5.56. The first kappa shape index (κ1) is 29.6. The minimum Gasteiger partial charge on any atom is -0.372 e. The molecule has 12 heteroatoms. The monoisotopic (exact) mass is 584 g/mol. The van der Waals surface area contributed by atoms with Gasteiger partial charge >= 0.3 is 0 Å². The minimum absolute atomic E-state index is 0.0525. The van der Waals surface area contributed by atoms with E-state index in [-0.39, 0.29) is 35.1 Å². The SMILES string of the molecule is CC1CN(c2cc(F)c(-c3ccc(N4C[C@@H](C)O[C@@H](C)C4)nc3)cc2NC(=O)c2c[nH]c(=O)cc2C(F)F)CCN1C. The van der Waals surface area contributed by atoms with Gasteiger partial charge in [0.25, 0.3) is 12.3 Å². The molecule has 2 saturated heterocycles. The number of morpholine rings is 1. The number of rotatable bonds is 6. The van der Waals surface area contributed by atoms with E-state index in [2.05, 4.69) is 25.1 Å². The Morgan fingerprint density at radius 3 is 2.45 bits per heavy atom. The highest BCUT2D eigenvalue weighted by Gasteiger charge is 2.27. The Labute approximate surface area is 242 Å². The third kappa shape index (κ3) is 6.29. The number of piperazine rings is 1. The fourth-order valence-corrected chi connectivity index (χ4v) is 5.56. The lowest BCUT2D eigenvalue weighted by molar-refractivity contribution is -0.00546. The zero-order valence-corrected chi connectivity index (χ0v) is 24.0. The van der Waals surface area contributed by atoms with Crippen LogP contribution in [0.25, 0.3) is 11.1 Å². The van der Waals surface area contributed by atoms with Gasteiger partial charge in [-0.05, 0) is 52.1 Å². The number of aromatic amines is 1. The van der Waals surface area contributed by atoms with Gasteiger partial charge in [-0.25, -0.2) is 18.2 Å². The van der Waals surface area contributed by atoms with Gasteiger partial charge < -0.3 is 29.7 Å². The number of hydrogen-bond acceptors (Lipinski definition) is 7. The maximum atomic E-state index is 15.7. The van der Waals surface area contributed by atoms with Crippen molar-refractivity contribution in [2.45, 2.75) is 45.4 Å². The Morgan fingerprint density at radius 1 is 1.07 bits per heavy atom. The van der Waals surface area contributed by atoms with Gasteiger partial charge in [-0.3, -0.25) is 9.59 Å². The quantitative estimate of drug-likeness (QED) is 0.440. The molecule has 1 aromatic carbocycles. The summed E-state index contributed by atoms with van der Waals surface area (Å²) in [6, 6.07) is 7.34. The van der Waals surface area contributed by atoms with E-state index in [4.69, 9.17) is 4.74 Å². The minimum atomic E-state index is -3.03. The third-order valence-electron chi connectivity index (χ3n) is 7.87. The summed E-state index contributed by atoms with van der Waals surface area (Å²) < 4.78 is 48.9. The molecule has 9 nitrogen and oxygen atoms in total. The molecule has 3 atom stereocenters. The highest BCUT2D eigenvalue weighted by atomic mass is 19.3. The molecule has 4 heterocycles. The standard InChI is InChI=1S/C30H35F3N6O3/c1-17-14-38(8-7-37(17)4)26-11-24(31)21(20-5-6-27(34-12-20)39-15-18(2)42-19(3)16-39)9-25(26)36-30(41)23-13-35-28(40)10-22(23)29(32)33/h5-6,9-13,17-19,29H,7-8,14-16H2,1-4H3,(H,35,40)(H,36,41)/t17?,18-,19+. The van der Waals surface area contributed by atoms with Gasteiger partial charge in [-0.15, -0.1) is 0 Å². The Bertz CT molecular complexity index is 1490. The van der Waals surface area contributed by atoms with Crippen LogP contribution in [-0.4, -0.2) is 78.8 Å². The number of anilines is 3. The number of aromatic nitrogens is 2. The van der Waals surface area contributed by atoms with Gasteiger partial charge in [0.1, 0.15) is 11.6 Å². The molecule has 2 aromatic heterocycles. The summed E-state index contributed by atoms with van der Waals surface area (Å²) in [5, 5.41) is 2.72. The van der Waals surface area contributed by atoms with Crippen molar-refractivity contribution in [2.75, 3.05) is 54.9 Å². The molecule has 42 heavy (non-hydrogen) atoms. The van der Waals surface area contributed by atoms with Gasteiger partial charge in [-0.2, -0.15) is 0 Å². The van der Waals surface area contributed by atoms with E-state index in [1.807, 2.05) is 38.8 Å². The number of carbonyl (C=O) groups is 1. The molecule has 0 aliphatic carbocycles. The lowest BCUT2D eigenvalue weighted by atomic mass is 10.0. The zero-order chi connectivity index (χ0) is 30.1. The smallest absolute Gasteiger partial charge is 0.264 e. The normalized spacial score (nSPS) is 21.6. The lowest BCUT2D eigenvalue weighted by Gasteiger charge is -2.39. The predicted molar refractivity (Wildman–Crippen MR) is 156 cm³/mol. The number of amides is 1. The summed E-state index contributed by atoms with van der Waals surface area (Å²) in [6.07, 6.45) is -0.374. The molecular formula is C30H35F3N6O3. The van der Waals surface area contributed by atoms with Crippen molar-refractivity contribution in [3.63, 3.8) is 0 Å². The van der Waals surface area contributed by atoms with Crippen LogP contribution in [-0.2, 0) is 4.74 Å². The van der Waals surface area contributed by atoms with Crippen LogP contribution in [0.15, 0.2) is 47.5 Å². The first-order valence-corrected chi connectivity index (χ1v) is 14.0. The fraction of sp³-hybridized carbons (Fsp3) is 0.433. The number of pyridine rings is 2. The van der Waals surface area contributed by atoms with Crippen LogP contribution in [0, 0.1) is 5.82 Å². The number of ether oxygens (including phenoxy) is 1. The van der Waals surface area contributed by atoms with E-state index < -0.39 is 29.3 Å². The molecule has 2 N–H and O–H groups in total. The second-order valence-electron chi connectivity index (χ2n) is 11.1. The van der Waals surface area contributed by atoms with E-state index in [9.17, 15) is 18.4 Å². The Kier molecular flexibility index (Phi) is 8.55. The molecule has 5 rings (SSSR count). The van der Waals surface area contributed by atoms with E-state index in [1.165, 1.54) is 12.1 Å². The van der Waals surface area contributed by atoms with Gasteiger partial charge in [0, 0.05) is 73.9 Å². The van der Waals surface area contributed by atoms with E-state index >= 15 is 4.39 Å². The first-order valence-electron chi connectivity index (χ1n) is 14.0. The largest absolute Gasteiger partial charge is 0.372 e. The van der Waals surface area contributed by atoms with Crippen LogP contribution >= 0.6 is 0 Å². The molecule has 1 unspecified atom stereocenters. The summed E-state index contributed by atoms with van der Waals surface area (Å²) in [5.74, 6) is -0.600. The molecule has 0 radical (unpaired) electrons. The van der Waals surface area contributed by atoms with Crippen LogP contribution in [0.3, 0.4) is 0 Å². The first-order chi connectivity index (χ1) is 20.0. The van der Waals surface area contributed by atoms with Crippen LogP contribution in [0.1, 0.15) is 43.1 Å². The van der Waals surface area contributed by atoms with E-state index in [1.54, 1.807) is 12.3 Å². The molecule has 1 amide bonds. The van der Waals surface area contributed by atoms with Crippen LogP contribution in [0.5, 0.6) is 0 Å². The van der Waals surface area contributed by atoms with Crippen molar-refractivity contribution in [1.29, 1.82) is 0 Å². The number of H-pyrrole nitrogens is 1. The molecule has 224 valence electrons. The highest BCUT2D eigenvalue weighted by Crippen LogP contribution is 2.36. The number of nitrogens with one attached hydrogen (secondary N) is 2. The maximum absolute atomic E-state index is 15.7. The number of likely N-dealkylation sites (N-methyl/N-ethyl adjacent to an activating group) is 1. The molecule has 2 fully saturated rings. The average Bonchev–Trinajstić information content (AvgIpc) is 2.94. The number of carbonyl (C=O) groups excluding carboxylic acids is 1.